The van der Waals surface area contributed by atoms with E-state index in [1.807, 2.05) is 0 Å². The summed E-state index contributed by atoms with van der Waals surface area (Å²) in [5, 5.41) is 0. The molecule has 0 saturated heterocycles. The highest BCUT2D eigenvalue weighted by Gasteiger charge is 2.03. The second-order valence-electron chi connectivity index (χ2n) is 11.2. The number of unbranched alkanes of at least 4 members (excludes halogenated alkanes) is 10. The van der Waals surface area contributed by atoms with Crippen molar-refractivity contribution in [1.82, 2.24) is 19.9 Å². The number of nitrogens with zero attached hydrogens (tertiary/aromatic N) is 4. The molecular formula is C36H44Br2N4O. The molecule has 228 valence electrons. The van der Waals surface area contributed by atoms with Crippen molar-refractivity contribution in [2.45, 2.75) is 89.9 Å². The Balaban J connectivity index is 0.899. The van der Waals surface area contributed by atoms with Gasteiger partial charge in [0, 0.05) is 49.1 Å². The summed E-state index contributed by atoms with van der Waals surface area (Å²) in [7, 11) is 0. The highest BCUT2D eigenvalue weighted by atomic mass is 79.9. The Kier molecular flexibility index (Phi) is 15.3. The Morgan fingerprint density at radius 1 is 0.419 bits per heavy atom. The van der Waals surface area contributed by atoms with Crippen molar-refractivity contribution in [3.05, 3.63) is 93.4 Å². The van der Waals surface area contributed by atoms with Gasteiger partial charge < -0.3 is 4.74 Å². The van der Waals surface area contributed by atoms with E-state index in [4.69, 9.17) is 4.74 Å². The number of benzene rings is 2. The first kappa shape index (κ1) is 33.4. The fourth-order valence-electron chi connectivity index (χ4n) is 5.15. The zero-order valence-electron chi connectivity index (χ0n) is 25.2. The zero-order chi connectivity index (χ0) is 30.0. The summed E-state index contributed by atoms with van der Waals surface area (Å²) < 4.78 is 7.68. The molecule has 43 heavy (non-hydrogen) atoms. The van der Waals surface area contributed by atoms with Crippen molar-refractivity contribution in [3.63, 3.8) is 0 Å². The third-order valence-corrected chi connectivity index (χ3v) is 8.49. The molecule has 0 bridgehead atoms. The fraction of sp³-hybridized carbons (Fsp3) is 0.444. The molecule has 0 N–H and O–H groups in total. The Morgan fingerprint density at radius 3 is 1.12 bits per heavy atom. The first-order valence-electron chi connectivity index (χ1n) is 15.9. The molecule has 0 unspecified atom stereocenters. The van der Waals surface area contributed by atoms with Crippen molar-refractivity contribution in [2.75, 3.05) is 13.2 Å². The molecule has 7 heteroatoms. The summed E-state index contributed by atoms with van der Waals surface area (Å²) in [6.07, 6.45) is 24.7. The highest BCUT2D eigenvalue weighted by Crippen LogP contribution is 2.20. The minimum Gasteiger partial charge on any atom is -0.381 e. The number of aromatic nitrogens is 4. The normalized spacial score (nSPS) is 11.2. The molecule has 0 aliphatic heterocycles. The summed E-state index contributed by atoms with van der Waals surface area (Å²) in [6, 6.07) is 17.4. The molecule has 0 aliphatic carbocycles. The molecule has 2 heterocycles. The average molecular weight is 709 g/mol. The molecule has 2 aromatic heterocycles. The van der Waals surface area contributed by atoms with Gasteiger partial charge in [0.1, 0.15) is 0 Å². The fourth-order valence-corrected chi connectivity index (χ4v) is 5.56. The van der Waals surface area contributed by atoms with E-state index >= 15 is 0 Å². The maximum absolute atomic E-state index is 5.88. The lowest BCUT2D eigenvalue weighted by Crippen LogP contribution is -1.97. The van der Waals surface area contributed by atoms with E-state index in [0.29, 0.717) is 0 Å². The SMILES string of the molecule is Brc1cnc(-c2ccc(CCCCCCCCOCCCCCCCCc3ccc(-c4ncc(Br)cn4)cc3)cc2)nc1. The molecule has 0 fully saturated rings. The lowest BCUT2D eigenvalue weighted by molar-refractivity contribution is 0.125. The van der Waals surface area contributed by atoms with Gasteiger partial charge >= 0.3 is 0 Å². The van der Waals surface area contributed by atoms with Crippen molar-refractivity contribution in [2.24, 2.45) is 0 Å². The van der Waals surface area contributed by atoms with Crippen LogP contribution in [-0.2, 0) is 17.6 Å². The van der Waals surface area contributed by atoms with Gasteiger partial charge in [0.2, 0.25) is 0 Å². The molecule has 0 atom stereocenters. The molecule has 5 nitrogen and oxygen atoms in total. The predicted octanol–water partition coefficient (Wildman–Crippen LogP) is 10.6. The standard InChI is InChI=1S/C36H44Br2N4O/c37-33-25-39-35(40-26-33)31-19-15-29(16-20-31)13-9-5-1-3-7-11-23-43-24-12-8-4-2-6-10-14-30-17-21-32(22-18-30)36-41-27-34(38)28-42-36/h15-22,25-28H,1-14,23-24H2. The van der Waals surface area contributed by atoms with Crippen LogP contribution in [0.4, 0.5) is 0 Å². The number of ether oxygens (including phenoxy) is 1. The molecule has 0 radical (unpaired) electrons. The highest BCUT2D eigenvalue weighted by molar-refractivity contribution is 9.10. The van der Waals surface area contributed by atoms with Gasteiger partial charge in [-0.25, -0.2) is 19.9 Å². The van der Waals surface area contributed by atoms with Gasteiger partial charge in [-0.3, -0.25) is 0 Å². The number of rotatable bonds is 20. The van der Waals surface area contributed by atoms with Crippen LogP contribution in [0.3, 0.4) is 0 Å². The van der Waals surface area contributed by atoms with Crippen LogP contribution in [0.15, 0.2) is 82.3 Å². The summed E-state index contributed by atoms with van der Waals surface area (Å²) in [6.45, 7) is 1.84. The summed E-state index contributed by atoms with van der Waals surface area (Å²) in [4.78, 5) is 17.5. The predicted molar refractivity (Wildman–Crippen MR) is 184 cm³/mol. The molecule has 0 spiro atoms. The van der Waals surface area contributed by atoms with E-state index in [-0.39, 0.29) is 0 Å². The van der Waals surface area contributed by atoms with Gasteiger partial charge in [-0.1, -0.05) is 99.9 Å². The number of hydrogen-bond acceptors (Lipinski definition) is 5. The maximum Gasteiger partial charge on any atom is 0.159 e. The largest absolute Gasteiger partial charge is 0.381 e. The van der Waals surface area contributed by atoms with E-state index in [9.17, 15) is 0 Å². The van der Waals surface area contributed by atoms with Crippen molar-refractivity contribution in [3.8, 4) is 22.8 Å². The van der Waals surface area contributed by atoms with E-state index in [2.05, 4.69) is 100 Å². The quantitative estimate of drug-likeness (QED) is 0.0856. The zero-order valence-corrected chi connectivity index (χ0v) is 28.4. The third kappa shape index (κ3) is 13.0. The number of hydrogen-bond donors (Lipinski definition) is 0. The lowest BCUT2D eigenvalue weighted by Gasteiger charge is -2.06. The molecule has 4 aromatic rings. The minimum atomic E-state index is 0.772. The second kappa shape index (κ2) is 19.7. The van der Waals surface area contributed by atoms with Gasteiger partial charge in [0.05, 0.1) is 8.95 Å². The topological polar surface area (TPSA) is 60.8 Å². The van der Waals surface area contributed by atoms with Gasteiger partial charge in [0.25, 0.3) is 0 Å². The van der Waals surface area contributed by atoms with Crippen LogP contribution in [-0.4, -0.2) is 33.1 Å². The van der Waals surface area contributed by atoms with Crippen LogP contribution in [0.25, 0.3) is 22.8 Å². The number of halogens is 2. The third-order valence-electron chi connectivity index (χ3n) is 7.67. The second-order valence-corrected chi connectivity index (χ2v) is 13.0. The summed E-state index contributed by atoms with van der Waals surface area (Å²) in [5.74, 6) is 1.54. The van der Waals surface area contributed by atoms with Crippen LogP contribution < -0.4 is 0 Å². The van der Waals surface area contributed by atoms with E-state index in [0.717, 1.165) is 57.8 Å². The lowest BCUT2D eigenvalue weighted by atomic mass is 10.0. The van der Waals surface area contributed by atoms with Crippen LogP contribution in [0.5, 0.6) is 0 Å². The van der Waals surface area contributed by atoms with E-state index in [1.54, 1.807) is 24.8 Å². The summed E-state index contributed by atoms with van der Waals surface area (Å²) >= 11 is 6.77. The van der Waals surface area contributed by atoms with Crippen LogP contribution in [0.2, 0.25) is 0 Å². The molecule has 0 aliphatic rings. The van der Waals surface area contributed by atoms with Gasteiger partial charge in [0.15, 0.2) is 11.6 Å². The van der Waals surface area contributed by atoms with Gasteiger partial charge in [-0.05, 0) is 81.5 Å². The van der Waals surface area contributed by atoms with Crippen LogP contribution in [0, 0.1) is 0 Å². The molecule has 2 aromatic carbocycles. The monoisotopic (exact) mass is 706 g/mol. The Labute approximate surface area is 274 Å². The van der Waals surface area contributed by atoms with Gasteiger partial charge in [-0.2, -0.15) is 0 Å². The molecule has 0 saturated carbocycles. The van der Waals surface area contributed by atoms with E-state index in [1.165, 1.54) is 88.2 Å². The Bertz CT molecular complexity index is 1190. The number of aryl methyl sites for hydroxylation is 2. The molecule has 0 amide bonds. The maximum atomic E-state index is 5.88. The average Bonchev–Trinajstić information content (AvgIpc) is 3.04. The van der Waals surface area contributed by atoms with Crippen molar-refractivity contribution < 1.29 is 4.74 Å². The molecule has 4 rings (SSSR count). The summed E-state index contributed by atoms with van der Waals surface area (Å²) in [5.41, 5.74) is 4.92. The van der Waals surface area contributed by atoms with Crippen molar-refractivity contribution >= 4 is 31.9 Å². The first-order valence-corrected chi connectivity index (χ1v) is 17.5. The Morgan fingerprint density at radius 2 is 0.744 bits per heavy atom. The smallest absolute Gasteiger partial charge is 0.159 e. The minimum absolute atomic E-state index is 0.772. The molecular weight excluding hydrogens is 664 g/mol. The van der Waals surface area contributed by atoms with E-state index < -0.39 is 0 Å². The Hall–Kier alpha value is -2.48. The van der Waals surface area contributed by atoms with Crippen molar-refractivity contribution in [1.29, 1.82) is 0 Å². The van der Waals surface area contributed by atoms with Crippen LogP contribution >= 0.6 is 31.9 Å². The van der Waals surface area contributed by atoms with Crippen LogP contribution in [0.1, 0.15) is 88.2 Å². The van der Waals surface area contributed by atoms with Gasteiger partial charge in [-0.15, -0.1) is 0 Å². The first-order chi connectivity index (χ1) is 21.2.